The molecule has 1 atom stereocenters. The van der Waals surface area contributed by atoms with Gasteiger partial charge in [0.1, 0.15) is 6.33 Å². The third kappa shape index (κ3) is 2.72. The lowest BCUT2D eigenvalue weighted by Gasteiger charge is -2.21. The number of para-hydroxylation sites is 1. The number of aromatic nitrogens is 2. The molecule has 0 saturated carbocycles. The Kier molecular flexibility index (Phi) is 3.66. The number of nitrogens with zero attached hydrogens (tertiary/aromatic N) is 3. The first-order valence-electron chi connectivity index (χ1n) is 7.26. The summed E-state index contributed by atoms with van der Waals surface area (Å²) in [6.45, 7) is 3.24. The molecule has 2 heterocycles. The zero-order chi connectivity index (χ0) is 15.6. The zero-order valence-electron chi connectivity index (χ0n) is 12.5. The normalized spacial score (nSPS) is 20.9. The summed E-state index contributed by atoms with van der Waals surface area (Å²) in [6.07, 6.45) is 5.53. The molecule has 1 unspecified atom stereocenters. The summed E-state index contributed by atoms with van der Waals surface area (Å²) < 4.78 is 1.87. The van der Waals surface area contributed by atoms with Crippen LogP contribution in [0.4, 0.5) is 5.82 Å². The molecule has 1 aliphatic rings. The number of anilines is 1. The van der Waals surface area contributed by atoms with Crippen LogP contribution in [0.1, 0.15) is 13.3 Å². The van der Waals surface area contributed by atoms with Crippen molar-refractivity contribution >= 4 is 18.1 Å². The molecule has 6 nitrogen and oxygen atoms in total. The number of amides is 1. The second-order valence-corrected chi connectivity index (χ2v) is 5.87. The van der Waals surface area contributed by atoms with Crippen LogP contribution in [0.2, 0.25) is 0 Å². The van der Waals surface area contributed by atoms with Crippen LogP contribution in [0.3, 0.4) is 0 Å². The number of carbonyl (C=O) groups excluding carboxylic acids is 1. The van der Waals surface area contributed by atoms with E-state index in [9.17, 15) is 4.79 Å². The van der Waals surface area contributed by atoms with Crippen molar-refractivity contribution in [3.05, 3.63) is 42.9 Å². The van der Waals surface area contributed by atoms with E-state index in [4.69, 9.17) is 5.41 Å². The highest BCUT2D eigenvalue weighted by Crippen LogP contribution is 2.30. The van der Waals surface area contributed by atoms with E-state index in [-0.39, 0.29) is 5.91 Å². The van der Waals surface area contributed by atoms with Crippen LogP contribution in [-0.2, 0) is 4.79 Å². The molecular formula is C16H19N5O. The van der Waals surface area contributed by atoms with Crippen molar-refractivity contribution in [2.75, 3.05) is 18.4 Å². The molecule has 3 rings (SSSR count). The van der Waals surface area contributed by atoms with Gasteiger partial charge in [0.2, 0.25) is 5.91 Å². The number of imidazole rings is 1. The van der Waals surface area contributed by atoms with Gasteiger partial charge in [0, 0.05) is 18.8 Å². The molecule has 2 N–H and O–H groups in total. The fourth-order valence-electron chi connectivity index (χ4n) is 2.69. The Bertz CT molecular complexity index is 681. The third-order valence-electron chi connectivity index (χ3n) is 4.11. The summed E-state index contributed by atoms with van der Waals surface area (Å²) in [5.41, 5.74) is 0.520. The van der Waals surface area contributed by atoms with Gasteiger partial charge in [-0.05, 0) is 25.5 Å². The van der Waals surface area contributed by atoms with Crippen LogP contribution in [0.25, 0.3) is 5.69 Å². The number of hydrogen-bond donors (Lipinski definition) is 2. The number of rotatable bonds is 4. The zero-order valence-corrected chi connectivity index (χ0v) is 12.5. The van der Waals surface area contributed by atoms with Crippen LogP contribution >= 0.6 is 0 Å². The van der Waals surface area contributed by atoms with Crippen LogP contribution in [0, 0.1) is 10.8 Å². The van der Waals surface area contributed by atoms with Gasteiger partial charge in [-0.3, -0.25) is 10.2 Å². The lowest BCUT2D eigenvalue weighted by Crippen LogP contribution is -2.36. The van der Waals surface area contributed by atoms with E-state index in [0.29, 0.717) is 12.4 Å². The van der Waals surface area contributed by atoms with Gasteiger partial charge in [-0.1, -0.05) is 18.2 Å². The largest absolute Gasteiger partial charge is 0.362 e. The SMILES string of the molecule is CC1(C(=O)Nc2cn(-c3ccccc3)cn2)CCN(C=N)C1. The summed E-state index contributed by atoms with van der Waals surface area (Å²) in [5.74, 6) is 0.499. The van der Waals surface area contributed by atoms with E-state index in [1.807, 2.05) is 46.7 Å². The maximum absolute atomic E-state index is 12.5. The fraction of sp³-hybridized carbons (Fsp3) is 0.312. The van der Waals surface area contributed by atoms with Crippen molar-refractivity contribution in [2.24, 2.45) is 5.41 Å². The van der Waals surface area contributed by atoms with E-state index >= 15 is 0 Å². The Hall–Kier alpha value is -2.63. The first-order valence-corrected chi connectivity index (χ1v) is 7.26. The summed E-state index contributed by atoms with van der Waals surface area (Å²) in [4.78, 5) is 18.6. The number of carbonyl (C=O) groups is 1. The molecule has 1 fully saturated rings. The Morgan fingerprint density at radius 1 is 1.41 bits per heavy atom. The minimum Gasteiger partial charge on any atom is -0.362 e. The Balaban J connectivity index is 1.70. The van der Waals surface area contributed by atoms with Crippen LogP contribution < -0.4 is 5.32 Å². The molecule has 0 spiro atoms. The third-order valence-corrected chi connectivity index (χ3v) is 4.11. The second-order valence-electron chi connectivity index (χ2n) is 5.87. The van der Waals surface area contributed by atoms with E-state index in [1.165, 1.54) is 6.34 Å². The highest BCUT2D eigenvalue weighted by molar-refractivity contribution is 5.95. The van der Waals surface area contributed by atoms with Crippen LogP contribution in [0.15, 0.2) is 42.9 Å². The van der Waals surface area contributed by atoms with Crippen molar-refractivity contribution < 1.29 is 4.79 Å². The molecule has 1 amide bonds. The van der Waals surface area contributed by atoms with Crippen molar-refractivity contribution in [1.29, 1.82) is 5.41 Å². The van der Waals surface area contributed by atoms with E-state index < -0.39 is 5.41 Å². The molecule has 0 aliphatic carbocycles. The van der Waals surface area contributed by atoms with Gasteiger partial charge in [-0.2, -0.15) is 0 Å². The molecule has 1 aromatic carbocycles. The summed E-state index contributed by atoms with van der Waals surface area (Å²) in [6, 6.07) is 9.83. The molecule has 1 saturated heterocycles. The van der Waals surface area contributed by atoms with Crippen LogP contribution in [0.5, 0.6) is 0 Å². The first-order chi connectivity index (χ1) is 10.6. The number of likely N-dealkylation sites (tertiary alicyclic amines) is 1. The van der Waals surface area contributed by atoms with Crippen molar-refractivity contribution in [3.63, 3.8) is 0 Å². The highest BCUT2D eigenvalue weighted by Gasteiger charge is 2.39. The molecule has 6 heteroatoms. The van der Waals surface area contributed by atoms with E-state index in [2.05, 4.69) is 10.3 Å². The molecule has 114 valence electrons. The topological polar surface area (TPSA) is 74.0 Å². The summed E-state index contributed by atoms with van der Waals surface area (Å²) in [5, 5.41) is 10.2. The second kappa shape index (κ2) is 5.63. The Morgan fingerprint density at radius 3 is 2.86 bits per heavy atom. The summed E-state index contributed by atoms with van der Waals surface area (Å²) in [7, 11) is 0. The van der Waals surface area contributed by atoms with Crippen molar-refractivity contribution in [2.45, 2.75) is 13.3 Å². The van der Waals surface area contributed by atoms with E-state index in [1.54, 1.807) is 12.5 Å². The number of benzene rings is 1. The van der Waals surface area contributed by atoms with Gasteiger partial charge in [-0.15, -0.1) is 0 Å². The monoisotopic (exact) mass is 297 g/mol. The number of nitrogens with one attached hydrogen (secondary N) is 2. The lowest BCUT2D eigenvalue weighted by atomic mass is 9.89. The van der Waals surface area contributed by atoms with Gasteiger partial charge < -0.3 is 14.8 Å². The first kappa shape index (κ1) is 14.3. The lowest BCUT2D eigenvalue weighted by molar-refractivity contribution is -0.124. The average Bonchev–Trinajstić information content (AvgIpc) is 3.16. The minimum atomic E-state index is -0.478. The molecular weight excluding hydrogens is 278 g/mol. The maximum Gasteiger partial charge on any atom is 0.233 e. The molecule has 0 radical (unpaired) electrons. The maximum atomic E-state index is 12.5. The fourth-order valence-corrected chi connectivity index (χ4v) is 2.69. The highest BCUT2D eigenvalue weighted by atomic mass is 16.2. The van der Waals surface area contributed by atoms with E-state index in [0.717, 1.165) is 18.7 Å². The van der Waals surface area contributed by atoms with Crippen LogP contribution in [-0.4, -0.2) is 39.8 Å². The van der Waals surface area contributed by atoms with Gasteiger partial charge in [0.25, 0.3) is 0 Å². The van der Waals surface area contributed by atoms with Gasteiger partial charge in [0.05, 0.1) is 18.0 Å². The molecule has 0 bridgehead atoms. The van der Waals surface area contributed by atoms with Gasteiger partial charge in [-0.25, -0.2) is 4.98 Å². The smallest absolute Gasteiger partial charge is 0.233 e. The van der Waals surface area contributed by atoms with Crippen molar-refractivity contribution in [1.82, 2.24) is 14.5 Å². The standard InChI is InChI=1S/C16H19N5O/c1-16(7-8-20(10-16)11-17)15(22)19-14-9-21(12-18-14)13-5-3-2-4-6-13/h2-6,9,11-12,17H,7-8,10H2,1H3,(H,19,22). The average molecular weight is 297 g/mol. The number of hydrogen-bond acceptors (Lipinski definition) is 3. The Morgan fingerprint density at radius 2 is 2.18 bits per heavy atom. The quantitative estimate of drug-likeness (QED) is 0.670. The van der Waals surface area contributed by atoms with Crippen molar-refractivity contribution in [3.8, 4) is 5.69 Å². The molecule has 2 aromatic rings. The summed E-state index contributed by atoms with van der Waals surface area (Å²) >= 11 is 0. The van der Waals surface area contributed by atoms with Gasteiger partial charge in [0.15, 0.2) is 5.82 Å². The van der Waals surface area contributed by atoms with Gasteiger partial charge >= 0.3 is 0 Å². The molecule has 1 aliphatic heterocycles. The minimum absolute atomic E-state index is 0.0461. The predicted octanol–water partition coefficient (Wildman–Crippen LogP) is 2.13. The predicted molar refractivity (Wildman–Crippen MR) is 85.3 cm³/mol. The molecule has 1 aromatic heterocycles. The molecule has 22 heavy (non-hydrogen) atoms. The Labute approximate surface area is 129 Å².